The highest BCUT2D eigenvalue weighted by Crippen LogP contribution is 2.29. The normalized spacial score (nSPS) is 15.5. The molecule has 2 N–H and O–H groups in total. The van der Waals surface area contributed by atoms with E-state index < -0.39 is 4.92 Å². The van der Waals surface area contributed by atoms with E-state index in [4.69, 9.17) is 10.5 Å². The number of nitro groups is 1. The molecule has 1 fully saturated rings. The maximum atomic E-state index is 10.9. The first kappa shape index (κ1) is 15.5. The average molecular weight is 313 g/mol. The SMILES string of the molecule is Nc1cc(-c2cccc(CN3CCOCC3)c2)ccc1[N+](=O)[O-]. The molecule has 3 rings (SSSR count). The Labute approximate surface area is 134 Å². The van der Waals surface area contributed by atoms with E-state index in [0.29, 0.717) is 0 Å². The number of nitrogen functional groups attached to an aromatic ring is 1. The standard InChI is InChI=1S/C17H19N3O3/c18-16-11-15(4-5-17(16)20(21)22)14-3-1-2-13(10-14)12-19-6-8-23-9-7-19/h1-5,10-11H,6-9,12,18H2. The zero-order valence-electron chi connectivity index (χ0n) is 12.8. The van der Waals surface area contributed by atoms with Crippen LogP contribution in [0.25, 0.3) is 11.1 Å². The van der Waals surface area contributed by atoms with E-state index in [0.717, 1.165) is 44.0 Å². The van der Waals surface area contributed by atoms with Crippen molar-refractivity contribution >= 4 is 11.4 Å². The quantitative estimate of drug-likeness (QED) is 0.533. The summed E-state index contributed by atoms with van der Waals surface area (Å²) >= 11 is 0. The van der Waals surface area contributed by atoms with Crippen LogP contribution in [0.4, 0.5) is 11.4 Å². The first-order valence-corrected chi connectivity index (χ1v) is 7.57. The predicted molar refractivity (Wildman–Crippen MR) is 89.0 cm³/mol. The molecule has 0 radical (unpaired) electrons. The van der Waals surface area contributed by atoms with E-state index >= 15 is 0 Å². The lowest BCUT2D eigenvalue weighted by molar-refractivity contribution is -0.383. The smallest absolute Gasteiger partial charge is 0.292 e. The summed E-state index contributed by atoms with van der Waals surface area (Å²) in [5.41, 5.74) is 9.02. The Hall–Kier alpha value is -2.44. The Kier molecular flexibility index (Phi) is 4.55. The van der Waals surface area contributed by atoms with Crippen LogP contribution in [-0.4, -0.2) is 36.1 Å². The Morgan fingerprint density at radius 2 is 1.87 bits per heavy atom. The third-order valence-corrected chi connectivity index (χ3v) is 3.99. The van der Waals surface area contributed by atoms with Gasteiger partial charge < -0.3 is 10.5 Å². The first-order chi connectivity index (χ1) is 11.1. The van der Waals surface area contributed by atoms with E-state index in [1.807, 2.05) is 12.1 Å². The highest BCUT2D eigenvalue weighted by atomic mass is 16.6. The third kappa shape index (κ3) is 3.67. The summed E-state index contributed by atoms with van der Waals surface area (Å²) in [6.45, 7) is 4.31. The van der Waals surface area contributed by atoms with Crippen molar-refractivity contribution in [2.75, 3.05) is 32.0 Å². The second-order valence-corrected chi connectivity index (χ2v) is 5.62. The maximum Gasteiger partial charge on any atom is 0.292 e. The predicted octanol–water partition coefficient (Wildman–Crippen LogP) is 2.68. The number of hydrogen-bond donors (Lipinski definition) is 1. The number of nitrogens with two attached hydrogens (primary N) is 1. The molecule has 120 valence electrons. The van der Waals surface area contributed by atoms with Gasteiger partial charge in [-0.15, -0.1) is 0 Å². The minimum Gasteiger partial charge on any atom is -0.393 e. The molecule has 1 heterocycles. The molecular weight excluding hydrogens is 294 g/mol. The fraction of sp³-hybridized carbons (Fsp3) is 0.294. The summed E-state index contributed by atoms with van der Waals surface area (Å²) in [6.07, 6.45) is 0. The molecule has 0 amide bonds. The van der Waals surface area contributed by atoms with Gasteiger partial charge in [-0.25, -0.2) is 0 Å². The van der Waals surface area contributed by atoms with Crippen LogP contribution in [0, 0.1) is 10.1 Å². The van der Waals surface area contributed by atoms with Gasteiger partial charge in [0.05, 0.1) is 18.1 Å². The molecule has 0 unspecified atom stereocenters. The third-order valence-electron chi connectivity index (χ3n) is 3.99. The number of nitro benzene ring substituents is 1. The molecule has 6 heteroatoms. The van der Waals surface area contributed by atoms with E-state index in [9.17, 15) is 10.1 Å². The molecule has 2 aromatic carbocycles. The van der Waals surface area contributed by atoms with Gasteiger partial charge in [0.15, 0.2) is 0 Å². The van der Waals surface area contributed by atoms with Crippen LogP contribution < -0.4 is 5.73 Å². The number of hydrogen-bond acceptors (Lipinski definition) is 5. The van der Waals surface area contributed by atoms with Crippen LogP contribution >= 0.6 is 0 Å². The van der Waals surface area contributed by atoms with Crippen LogP contribution in [0.5, 0.6) is 0 Å². The molecule has 1 aliphatic heterocycles. The second-order valence-electron chi connectivity index (χ2n) is 5.62. The van der Waals surface area contributed by atoms with Crippen molar-refractivity contribution in [2.45, 2.75) is 6.54 Å². The van der Waals surface area contributed by atoms with E-state index in [2.05, 4.69) is 17.0 Å². The Balaban J connectivity index is 1.81. The van der Waals surface area contributed by atoms with Gasteiger partial charge in [-0.2, -0.15) is 0 Å². The number of ether oxygens (including phenoxy) is 1. The molecule has 1 aliphatic rings. The highest BCUT2D eigenvalue weighted by molar-refractivity contribution is 5.72. The monoisotopic (exact) mass is 313 g/mol. The Morgan fingerprint density at radius 3 is 2.57 bits per heavy atom. The Morgan fingerprint density at radius 1 is 1.13 bits per heavy atom. The maximum absolute atomic E-state index is 10.9. The fourth-order valence-corrected chi connectivity index (χ4v) is 2.77. The van der Waals surface area contributed by atoms with Crippen LogP contribution in [-0.2, 0) is 11.3 Å². The minimum absolute atomic E-state index is 0.0572. The van der Waals surface area contributed by atoms with Crippen molar-refractivity contribution in [3.63, 3.8) is 0 Å². The lowest BCUT2D eigenvalue weighted by atomic mass is 10.0. The van der Waals surface area contributed by atoms with Gasteiger partial charge in [0, 0.05) is 25.7 Å². The molecule has 0 aromatic heterocycles. The van der Waals surface area contributed by atoms with Gasteiger partial charge >= 0.3 is 0 Å². The number of benzene rings is 2. The first-order valence-electron chi connectivity index (χ1n) is 7.57. The molecule has 0 spiro atoms. The fourth-order valence-electron chi connectivity index (χ4n) is 2.77. The number of nitrogens with zero attached hydrogens (tertiary/aromatic N) is 2. The summed E-state index contributed by atoms with van der Waals surface area (Å²) in [5, 5.41) is 10.9. The molecule has 1 saturated heterocycles. The molecule has 0 saturated carbocycles. The van der Waals surface area contributed by atoms with Crippen LogP contribution in [0.1, 0.15) is 5.56 Å². The second kappa shape index (κ2) is 6.76. The van der Waals surface area contributed by atoms with E-state index in [1.54, 1.807) is 12.1 Å². The van der Waals surface area contributed by atoms with Crippen LogP contribution in [0.2, 0.25) is 0 Å². The zero-order chi connectivity index (χ0) is 16.2. The highest BCUT2D eigenvalue weighted by Gasteiger charge is 2.13. The summed E-state index contributed by atoms with van der Waals surface area (Å²) in [4.78, 5) is 12.7. The van der Waals surface area contributed by atoms with Crippen molar-refractivity contribution in [3.05, 3.63) is 58.1 Å². The van der Waals surface area contributed by atoms with Gasteiger partial charge in [0.2, 0.25) is 0 Å². The minimum atomic E-state index is -0.464. The van der Waals surface area contributed by atoms with Crippen LogP contribution in [0.3, 0.4) is 0 Å². The molecule has 6 nitrogen and oxygen atoms in total. The largest absolute Gasteiger partial charge is 0.393 e. The van der Waals surface area contributed by atoms with Crippen molar-refractivity contribution in [3.8, 4) is 11.1 Å². The summed E-state index contributed by atoms with van der Waals surface area (Å²) in [6, 6.07) is 13.0. The Bertz CT molecular complexity index is 712. The summed E-state index contributed by atoms with van der Waals surface area (Å²) < 4.78 is 5.36. The van der Waals surface area contributed by atoms with Crippen molar-refractivity contribution in [1.82, 2.24) is 4.90 Å². The molecule has 2 aromatic rings. The van der Waals surface area contributed by atoms with E-state index in [-0.39, 0.29) is 11.4 Å². The summed E-state index contributed by atoms with van der Waals surface area (Å²) in [5.74, 6) is 0. The van der Waals surface area contributed by atoms with Gasteiger partial charge in [0.25, 0.3) is 5.69 Å². The van der Waals surface area contributed by atoms with Gasteiger partial charge in [-0.3, -0.25) is 15.0 Å². The number of anilines is 1. The molecular formula is C17H19N3O3. The summed E-state index contributed by atoms with van der Waals surface area (Å²) in [7, 11) is 0. The molecule has 0 aliphatic carbocycles. The molecule has 23 heavy (non-hydrogen) atoms. The van der Waals surface area contributed by atoms with Crippen molar-refractivity contribution < 1.29 is 9.66 Å². The van der Waals surface area contributed by atoms with E-state index in [1.165, 1.54) is 11.6 Å². The van der Waals surface area contributed by atoms with Crippen molar-refractivity contribution in [1.29, 1.82) is 0 Å². The topological polar surface area (TPSA) is 81.6 Å². The number of rotatable bonds is 4. The molecule has 0 atom stereocenters. The lowest BCUT2D eigenvalue weighted by Gasteiger charge is -2.26. The molecule has 0 bridgehead atoms. The van der Waals surface area contributed by atoms with Gasteiger partial charge in [-0.05, 0) is 34.9 Å². The van der Waals surface area contributed by atoms with Gasteiger partial charge in [-0.1, -0.05) is 18.2 Å². The van der Waals surface area contributed by atoms with Gasteiger partial charge in [0.1, 0.15) is 5.69 Å². The van der Waals surface area contributed by atoms with Crippen LogP contribution in [0.15, 0.2) is 42.5 Å². The average Bonchev–Trinajstić information content (AvgIpc) is 2.55. The zero-order valence-corrected chi connectivity index (χ0v) is 12.8. The lowest BCUT2D eigenvalue weighted by Crippen LogP contribution is -2.35. The van der Waals surface area contributed by atoms with Crippen molar-refractivity contribution in [2.24, 2.45) is 0 Å². The number of morpholine rings is 1.